The molecule has 0 aromatic heterocycles. The van der Waals surface area contributed by atoms with Crippen molar-refractivity contribution < 1.29 is 19.1 Å². The van der Waals surface area contributed by atoms with Crippen LogP contribution in [0.25, 0.3) is 0 Å². The molecule has 0 fully saturated rings. The SMILES string of the molecule is CCN(CC(=O)NCC(=O)Nc1cccc(Cl)c1C)CC1COc2ccccc2O1. The molecule has 0 spiro atoms. The van der Waals surface area contributed by atoms with Gasteiger partial charge in [0.25, 0.3) is 0 Å². The number of halogens is 1. The van der Waals surface area contributed by atoms with Gasteiger partial charge in [0.2, 0.25) is 11.8 Å². The highest BCUT2D eigenvalue weighted by molar-refractivity contribution is 6.31. The van der Waals surface area contributed by atoms with E-state index in [-0.39, 0.29) is 31.0 Å². The first-order valence-corrected chi connectivity index (χ1v) is 10.3. The Bertz CT molecular complexity index is 906. The van der Waals surface area contributed by atoms with E-state index in [9.17, 15) is 9.59 Å². The molecule has 8 heteroatoms. The lowest BCUT2D eigenvalue weighted by atomic mass is 10.2. The molecule has 0 radical (unpaired) electrons. The minimum Gasteiger partial charge on any atom is -0.486 e. The number of nitrogens with zero attached hydrogens (tertiary/aromatic N) is 1. The molecule has 160 valence electrons. The van der Waals surface area contributed by atoms with E-state index in [0.717, 1.165) is 11.3 Å². The van der Waals surface area contributed by atoms with Gasteiger partial charge in [0.1, 0.15) is 12.7 Å². The maximum atomic E-state index is 12.3. The second-order valence-electron chi connectivity index (χ2n) is 7.06. The molecule has 0 saturated carbocycles. The average Bonchev–Trinajstić information content (AvgIpc) is 2.75. The Morgan fingerprint density at radius 3 is 2.67 bits per heavy atom. The summed E-state index contributed by atoms with van der Waals surface area (Å²) in [6.07, 6.45) is -0.165. The smallest absolute Gasteiger partial charge is 0.243 e. The van der Waals surface area contributed by atoms with Crippen LogP contribution in [-0.2, 0) is 9.59 Å². The Kier molecular flexibility index (Phi) is 7.54. The number of hydrogen-bond donors (Lipinski definition) is 2. The highest BCUT2D eigenvalue weighted by Crippen LogP contribution is 2.31. The molecule has 0 saturated heterocycles. The van der Waals surface area contributed by atoms with E-state index in [2.05, 4.69) is 10.6 Å². The fraction of sp³-hybridized carbons (Fsp3) is 0.364. The Labute approximate surface area is 181 Å². The summed E-state index contributed by atoms with van der Waals surface area (Å²) in [6.45, 7) is 5.50. The van der Waals surface area contributed by atoms with Crippen molar-refractivity contribution in [2.24, 2.45) is 0 Å². The van der Waals surface area contributed by atoms with E-state index in [4.69, 9.17) is 21.1 Å². The molecule has 2 aromatic carbocycles. The van der Waals surface area contributed by atoms with Gasteiger partial charge < -0.3 is 20.1 Å². The largest absolute Gasteiger partial charge is 0.486 e. The summed E-state index contributed by atoms with van der Waals surface area (Å²) in [5.74, 6) is 0.905. The van der Waals surface area contributed by atoms with E-state index in [0.29, 0.717) is 36.2 Å². The molecule has 2 N–H and O–H groups in total. The number of rotatable bonds is 8. The van der Waals surface area contributed by atoms with Gasteiger partial charge in [0.15, 0.2) is 11.5 Å². The molecule has 1 aliphatic rings. The van der Waals surface area contributed by atoms with Crippen molar-refractivity contribution >= 4 is 29.1 Å². The molecule has 1 heterocycles. The van der Waals surface area contributed by atoms with Gasteiger partial charge in [0.05, 0.1) is 13.1 Å². The zero-order valence-corrected chi connectivity index (χ0v) is 17.9. The molecule has 1 aliphatic heterocycles. The summed E-state index contributed by atoms with van der Waals surface area (Å²) in [6, 6.07) is 12.8. The predicted octanol–water partition coefficient (Wildman–Crippen LogP) is 2.87. The molecule has 0 bridgehead atoms. The molecule has 2 aromatic rings. The van der Waals surface area contributed by atoms with Crippen LogP contribution in [0, 0.1) is 6.92 Å². The van der Waals surface area contributed by atoms with E-state index >= 15 is 0 Å². The van der Waals surface area contributed by atoms with Crippen molar-refractivity contribution in [2.75, 3.05) is 38.1 Å². The van der Waals surface area contributed by atoms with Gasteiger partial charge in [-0.25, -0.2) is 0 Å². The Morgan fingerprint density at radius 2 is 1.90 bits per heavy atom. The zero-order chi connectivity index (χ0) is 21.5. The fourth-order valence-electron chi connectivity index (χ4n) is 3.12. The normalized spacial score (nSPS) is 15.0. The van der Waals surface area contributed by atoms with Crippen LogP contribution in [0.5, 0.6) is 11.5 Å². The van der Waals surface area contributed by atoms with Gasteiger partial charge >= 0.3 is 0 Å². The number of anilines is 1. The number of amides is 2. The lowest BCUT2D eigenvalue weighted by Gasteiger charge is -2.30. The van der Waals surface area contributed by atoms with Crippen molar-refractivity contribution in [2.45, 2.75) is 20.0 Å². The van der Waals surface area contributed by atoms with Crippen molar-refractivity contribution in [3.63, 3.8) is 0 Å². The summed E-state index contributed by atoms with van der Waals surface area (Å²) in [7, 11) is 0. The number of nitrogens with one attached hydrogen (secondary N) is 2. The number of benzene rings is 2. The molecule has 30 heavy (non-hydrogen) atoms. The van der Waals surface area contributed by atoms with Crippen LogP contribution < -0.4 is 20.1 Å². The fourth-order valence-corrected chi connectivity index (χ4v) is 3.30. The first-order valence-electron chi connectivity index (χ1n) is 9.88. The topological polar surface area (TPSA) is 79.9 Å². The highest BCUT2D eigenvalue weighted by atomic mass is 35.5. The second-order valence-corrected chi connectivity index (χ2v) is 7.47. The molecule has 2 amide bonds. The average molecular weight is 432 g/mol. The molecule has 7 nitrogen and oxygen atoms in total. The van der Waals surface area contributed by atoms with Crippen LogP contribution in [0.4, 0.5) is 5.69 Å². The zero-order valence-electron chi connectivity index (χ0n) is 17.1. The second kappa shape index (κ2) is 10.3. The van der Waals surface area contributed by atoms with E-state index < -0.39 is 0 Å². The number of likely N-dealkylation sites (N-methyl/N-ethyl adjacent to an activating group) is 1. The van der Waals surface area contributed by atoms with Gasteiger partial charge in [0, 0.05) is 17.3 Å². The molecular weight excluding hydrogens is 406 g/mol. The van der Waals surface area contributed by atoms with Crippen LogP contribution in [0.1, 0.15) is 12.5 Å². The Hall–Kier alpha value is -2.77. The number of carbonyl (C=O) groups is 2. The molecule has 1 unspecified atom stereocenters. The first kappa shape index (κ1) is 21.9. The first-order chi connectivity index (χ1) is 14.5. The van der Waals surface area contributed by atoms with Crippen LogP contribution >= 0.6 is 11.6 Å². The lowest BCUT2D eigenvalue weighted by Crippen LogP contribution is -2.46. The van der Waals surface area contributed by atoms with Crippen molar-refractivity contribution in [3.8, 4) is 11.5 Å². The van der Waals surface area contributed by atoms with Crippen LogP contribution in [0.2, 0.25) is 5.02 Å². The molecule has 3 rings (SSSR count). The number of carbonyl (C=O) groups excluding carboxylic acids is 2. The Morgan fingerprint density at radius 1 is 1.13 bits per heavy atom. The minimum absolute atomic E-state index is 0.112. The maximum Gasteiger partial charge on any atom is 0.243 e. The number of para-hydroxylation sites is 2. The number of fused-ring (bicyclic) bond motifs is 1. The van der Waals surface area contributed by atoms with Gasteiger partial charge in [-0.15, -0.1) is 0 Å². The van der Waals surface area contributed by atoms with Crippen LogP contribution in [-0.4, -0.2) is 55.6 Å². The van der Waals surface area contributed by atoms with E-state index in [1.54, 1.807) is 18.2 Å². The monoisotopic (exact) mass is 431 g/mol. The third-order valence-corrected chi connectivity index (χ3v) is 5.24. The summed E-state index contributed by atoms with van der Waals surface area (Å²) < 4.78 is 11.7. The molecule has 1 atom stereocenters. The molecular formula is C22H26ClN3O4. The number of ether oxygens (including phenoxy) is 2. The van der Waals surface area contributed by atoms with E-state index in [1.165, 1.54) is 0 Å². The lowest BCUT2D eigenvalue weighted by molar-refractivity contribution is -0.125. The predicted molar refractivity (Wildman–Crippen MR) is 116 cm³/mol. The quantitative estimate of drug-likeness (QED) is 0.671. The highest BCUT2D eigenvalue weighted by Gasteiger charge is 2.23. The Balaban J connectivity index is 1.44. The van der Waals surface area contributed by atoms with Crippen LogP contribution in [0.15, 0.2) is 42.5 Å². The summed E-state index contributed by atoms with van der Waals surface area (Å²) in [5.41, 5.74) is 1.42. The van der Waals surface area contributed by atoms with Crippen molar-refractivity contribution in [3.05, 3.63) is 53.1 Å². The van der Waals surface area contributed by atoms with Gasteiger partial charge in [-0.3, -0.25) is 14.5 Å². The van der Waals surface area contributed by atoms with Gasteiger partial charge in [-0.1, -0.05) is 36.7 Å². The van der Waals surface area contributed by atoms with E-state index in [1.807, 2.05) is 43.0 Å². The maximum absolute atomic E-state index is 12.3. The number of hydrogen-bond acceptors (Lipinski definition) is 5. The third kappa shape index (κ3) is 5.87. The third-order valence-electron chi connectivity index (χ3n) is 4.83. The molecule has 0 aliphatic carbocycles. The summed E-state index contributed by atoms with van der Waals surface area (Å²) in [4.78, 5) is 26.4. The van der Waals surface area contributed by atoms with Crippen LogP contribution in [0.3, 0.4) is 0 Å². The van der Waals surface area contributed by atoms with Gasteiger partial charge in [-0.05, 0) is 43.3 Å². The van der Waals surface area contributed by atoms with Crippen molar-refractivity contribution in [1.82, 2.24) is 10.2 Å². The minimum atomic E-state index is -0.308. The summed E-state index contributed by atoms with van der Waals surface area (Å²) in [5, 5.41) is 5.99. The van der Waals surface area contributed by atoms with Gasteiger partial charge in [-0.2, -0.15) is 0 Å². The standard InChI is InChI=1S/C22H26ClN3O4/c1-3-26(12-16-14-29-19-9-4-5-10-20(19)30-16)13-22(28)24-11-21(27)25-18-8-6-7-17(23)15(18)2/h4-10,16H,3,11-14H2,1-2H3,(H,24,28)(H,25,27). The summed E-state index contributed by atoms with van der Waals surface area (Å²) >= 11 is 6.06. The van der Waals surface area contributed by atoms with Crippen molar-refractivity contribution in [1.29, 1.82) is 0 Å².